The van der Waals surface area contributed by atoms with Crippen LogP contribution in [-0.4, -0.2) is 75.6 Å². The second-order valence-corrected chi connectivity index (χ2v) is 11.8. The van der Waals surface area contributed by atoms with Gasteiger partial charge in [0.05, 0.1) is 19.3 Å². The van der Waals surface area contributed by atoms with Crippen molar-refractivity contribution < 1.29 is 35.0 Å². The average Bonchev–Trinajstić information content (AvgIpc) is 2.80. The monoisotopic (exact) mass is 466 g/mol. The highest BCUT2D eigenvalue weighted by Crippen LogP contribution is 2.63. The summed E-state index contributed by atoms with van der Waals surface area (Å²) in [4.78, 5) is 0. The largest absolute Gasteiger partial charge is 0.394 e. The molecule has 0 bridgehead atoms. The zero-order valence-electron chi connectivity index (χ0n) is 20.2. The van der Waals surface area contributed by atoms with Crippen LogP contribution in [-0.2, 0) is 9.47 Å². The van der Waals surface area contributed by atoms with Crippen molar-refractivity contribution in [2.75, 3.05) is 13.2 Å². The number of allylic oxidation sites excluding steroid dienone is 3. The van der Waals surface area contributed by atoms with Crippen LogP contribution in [0.5, 0.6) is 0 Å². The Balaban J connectivity index is 1.54. The highest BCUT2D eigenvalue weighted by molar-refractivity contribution is 5.25. The highest BCUT2D eigenvalue weighted by atomic mass is 16.7. The Morgan fingerprint density at radius 3 is 2.48 bits per heavy atom. The molecule has 5 N–H and O–H groups in total. The first-order valence-electron chi connectivity index (χ1n) is 12.4. The van der Waals surface area contributed by atoms with E-state index >= 15 is 0 Å². The highest BCUT2D eigenvalue weighted by Gasteiger charge is 2.59. The van der Waals surface area contributed by atoms with Crippen molar-refractivity contribution in [1.29, 1.82) is 0 Å². The molecule has 11 atom stereocenters. The molecule has 7 nitrogen and oxygen atoms in total. The maximum absolute atomic E-state index is 11.1. The van der Waals surface area contributed by atoms with Gasteiger partial charge in [-0.15, -0.1) is 6.58 Å². The van der Waals surface area contributed by atoms with E-state index in [1.165, 1.54) is 5.57 Å². The molecule has 7 heteroatoms. The van der Waals surface area contributed by atoms with E-state index in [1.54, 1.807) is 0 Å². The molecular weight excluding hydrogens is 424 g/mol. The van der Waals surface area contributed by atoms with E-state index in [-0.39, 0.29) is 23.4 Å². The van der Waals surface area contributed by atoms with Gasteiger partial charge < -0.3 is 35.0 Å². The van der Waals surface area contributed by atoms with E-state index in [4.69, 9.17) is 9.47 Å². The number of aliphatic hydroxyl groups excluding tert-OH is 5. The summed E-state index contributed by atoms with van der Waals surface area (Å²) in [5, 5.41) is 51.1. The van der Waals surface area contributed by atoms with E-state index in [0.29, 0.717) is 12.3 Å². The van der Waals surface area contributed by atoms with Gasteiger partial charge in [-0.1, -0.05) is 38.5 Å². The number of rotatable bonds is 5. The molecule has 0 spiro atoms. The fourth-order valence-electron chi connectivity index (χ4n) is 7.30. The molecule has 4 rings (SSSR count). The normalized spacial score (nSPS) is 52.4. The average molecular weight is 467 g/mol. The summed E-state index contributed by atoms with van der Waals surface area (Å²) < 4.78 is 11.5. The van der Waals surface area contributed by atoms with Crippen molar-refractivity contribution >= 4 is 0 Å². The number of hydrogen-bond acceptors (Lipinski definition) is 7. The van der Waals surface area contributed by atoms with Gasteiger partial charge in [0.25, 0.3) is 0 Å². The molecule has 1 aliphatic heterocycles. The SMILES string of the molecule is C=C[C@]1(C)CC[C@@H]2C(=CC[C@@H]3[C@]2(C)CC[C@H](O)[C@@]3(C)CO[C@H]2O[C@@H](CO)[C@@H](O)[C@@H](O)[C@H]2O)C1. The summed E-state index contributed by atoms with van der Waals surface area (Å²) in [6, 6.07) is 0. The summed E-state index contributed by atoms with van der Waals surface area (Å²) in [6.07, 6.45) is 3.17. The molecule has 0 aromatic rings. The zero-order valence-corrected chi connectivity index (χ0v) is 20.2. The van der Waals surface area contributed by atoms with E-state index in [0.717, 1.165) is 32.1 Å². The van der Waals surface area contributed by atoms with Crippen molar-refractivity contribution in [3.05, 3.63) is 24.3 Å². The van der Waals surface area contributed by atoms with Gasteiger partial charge >= 0.3 is 0 Å². The first kappa shape index (κ1) is 25.3. The van der Waals surface area contributed by atoms with E-state index < -0.39 is 48.8 Å². The molecule has 3 aliphatic carbocycles. The Bertz CT molecular complexity index is 768. The van der Waals surface area contributed by atoms with Crippen molar-refractivity contribution in [2.24, 2.45) is 28.1 Å². The Morgan fingerprint density at radius 2 is 1.82 bits per heavy atom. The number of aliphatic hydroxyl groups is 5. The third kappa shape index (κ3) is 4.14. The predicted octanol–water partition coefficient (Wildman–Crippen LogP) is 1.91. The third-order valence-electron chi connectivity index (χ3n) is 9.68. The summed E-state index contributed by atoms with van der Waals surface area (Å²) >= 11 is 0. The van der Waals surface area contributed by atoms with Crippen LogP contribution in [0.2, 0.25) is 0 Å². The number of ether oxygens (including phenoxy) is 2. The fraction of sp³-hybridized carbons (Fsp3) is 0.846. The summed E-state index contributed by atoms with van der Waals surface area (Å²) in [5.74, 6) is 0.670. The molecule has 33 heavy (non-hydrogen) atoms. The molecule has 1 saturated heterocycles. The maximum Gasteiger partial charge on any atom is 0.186 e. The van der Waals surface area contributed by atoms with Gasteiger partial charge in [-0.2, -0.15) is 0 Å². The van der Waals surface area contributed by atoms with Crippen molar-refractivity contribution in [2.45, 2.75) is 96.1 Å². The lowest BCUT2D eigenvalue weighted by Gasteiger charge is -2.61. The second-order valence-electron chi connectivity index (χ2n) is 11.8. The number of fused-ring (bicyclic) bond motifs is 3. The number of hydrogen-bond donors (Lipinski definition) is 5. The minimum atomic E-state index is -1.48. The second kappa shape index (κ2) is 9.01. The topological polar surface area (TPSA) is 120 Å². The van der Waals surface area contributed by atoms with Crippen molar-refractivity contribution in [1.82, 2.24) is 0 Å². The van der Waals surface area contributed by atoms with Crippen LogP contribution in [0.4, 0.5) is 0 Å². The molecule has 0 aromatic heterocycles. The van der Waals surface area contributed by atoms with Gasteiger partial charge in [-0.3, -0.25) is 0 Å². The van der Waals surface area contributed by atoms with Crippen LogP contribution in [0.25, 0.3) is 0 Å². The third-order valence-corrected chi connectivity index (χ3v) is 9.68. The van der Waals surface area contributed by atoms with Crippen LogP contribution < -0.4 is 0 Å². The van der Waals surface area contributed by atoms with E-state index in [2.05, 4.69) is 39.5 Å². The molecule has 3 fully saturated rings. The summed E-state index contributed by atoms with van der Waals surface area (Å²) in [5.41, 5.74) is 1.15. The molecule has 1 heterocycles. The van der Waals surface area contributed by atoms with Gasteiger partial charge in [-0.25, -0.2) is 0 Å². The lowest BCUT2D eigenvalue weighted by Crippen LogP contribution is -2.61. The molecule has 2 saturated carbocycles. The lowest BCUT2D eigenvalue weighted by atomic mass is 9.45. The smallest absolute Gasteiger partial charge is 0.186 e. The Kier molecular flexibility index (Phi) is 6.91. The van der Waals surface area contributed by atoms with Crippen LogP contribution in [0, 0.1) is 28.1 Å². The van der Waals surface area contributed by atoms with Gasteiger partial charge in [-0.05, 0) is 61.2 Å². The maximum atomic E-state index is 11.1. The molecule has 4 aliphatic rings. The van der Waals surface area contributed by atoms with Gasteiger partial charge in [0, 0.05) is 5.41 Å². The first-order valence-corrected chi connectivity index (χ1v) is 12.4. The molecule has 188 valence electrons. The quantitative estimate of drug-likeness (QED) is 0.393. The zero-order chi connectivity index (χ0) is 24.2. The summed E-state index contributed by atoms with van der Waals surface area (Å²) in [7, 11) is 0. The molecule has 0 unspecified atom stereocenters. The summed E-state index contributed by atoms with van der Waals surface area (Å²) in [6.45, 7) is 10.4. The Hall–Kier alpha value is -0.800. The van der Waals surface area contributed by atoms with Crippen molar-refractivity contribution in [3.8, 4) is 0 Å². The standard InChI is InChI=1S/C26H42O7/c1-5-24(2)10-8-16-15(12-24)6-7-18-25(16,3)11-9-19(28)26(18,4)14-32-23-22(31)21(30)20(29)17(13-27)33-23/h5-6,16-23,27-31H,1,7-14H2,2-4H3/t16-,17+,18-,19+,20-,21-,22-,23+,24-,25-,26+/m1/s1. The molecular formula is C26H42O7. The van der Waals surface area contributed by atoms with Gasteiger partial charge in [0.1, 0.15) is 24.4 Å². The van der Waals surface area contributed by atoms with Crippen LogP contribution >= 0.6 is 0 Å². The predicted molar refractivity (Wildman–Crippen MR) is 123 cm³/mol. The van der Waals surface area contributed by atoms with Crippen LogP contribution in [0.15, 0.2) is 24.3 Å². The van der Waals surface area contributed by atoms with Gasteiger partial charge in [0.15, 0.2) is 6.29 Å². The van der Waals surface area contributed by atoms with Gasteiger partial charge in [0.2, 0.25) is 0 Å². The molecule has 0 radical (unpaired) electrons. The van der Waals surface area contributed by atoms with E-state index in [9.17, 15) is 25.5 Å². The molecule has 0 amide bonds. The lowest BCUT2D eigenvalue weighted by molar-refractivity contribution is -0.312. The van der Waals surface area contributed by atoms with Crippen molar-refractivity contribution in [3.63, 3.8) is 0 Å². The minimum absolute atomic E-state index is 0.0410. The van der Waals surface area contributed by atoms with Crippen LogP contribution in [0.3, 0.4) is 0 Å². The first-order chi connectivity index (χ1) is 15.5. The fourth-order valence-corrected chi connectivity index (χ4v) is 7.30. The Labute approximate surface area is 197 Å². The van der Waals surface area contributed by atoms with Crippen LogP contribution in [0.1, 0.15) is 59.3 Å². The minimum Gasteiger partial charge on any atom is -0.394 e. The molecule has 0 aromatic carbocycles. The van der Waals surface area contributed by atoms with E-state index in [1.807, 2.05) is 0 Å². The Morgan fingerprint density at radius 1 is 1.09 bits per heavy atom.